The van der Waals surface area contributed by atoms with Crippen LogP contribution < -0.4 is 14.9 Å². The van der Waals surface area contributed by atoms with Crippen LogP contribution in [0.5, 0.6) is 0 Å². The molecule has 1 heterocycles. The number of carbonyl (C=O) groups is 2. The van der Waals surface area contributed by atoms with E-state index in [2.05, 4.69) is 10.0 Å². The molecular formula is C20H23N3O4S2. The maximum Gasteiger partial charge on any atom is 0.240 e. The number of thioether (sulfide) groups is 1. The zero-order valence-electron chi connectivity index (χ0n) is 16.3. The largest absolute Gasteiger partial charge is 0.325 e. The number of nitrogens with zero attached hydrogens (tertiary/aromatic N) is 1. The summed E-state index contributed by atoms with van der Waals surface area (Å²) >= 11 is 1.26. The molecule has 0 radical (unpaired) electrons. The van der Waals surface area contributed by atoms with Crippen LogP contribution in [0.1, 0.15) is 11.1 Å². The Hall–Kier alpha value is -2.36. The van der Waals surface area contributed by atoms with Crippen molar-refractivity contribution < 1.29 is 18.0 Å². The average molecular weight is 434 g/mol. The molecule has 0 aromatic heterocycles. The van der Waals surface area contributed by atoms with Gasteiger partial charge in [-0.25, -0.2) is 13.1 Å². The highest BCUT2D eigenvalue weighted by Crippen LogP contribution is 2.30. The Morgan fingerprint density at radius 2 is 1.83 bits per heavy atom. The molecule has 2 aromatic rings. The Kier molecular flexibility index (Phi) is 6.61. The van der Waals surface area contributed by atoms with E-state index in [1.54, 1.807) is 17.0 Å². The SMILES string of the molecule is CNS(=O)(=O)c1ccc2c(c1)CCN2C(=O)CSCC(=O)Nc1ccc(C)cc1. The van der Waals surface area contributed by atoms with Crippen LogP contribution in [-0.4, -0.2) is 45.3 Å². The summed E-state index contributed by atoms with van der Waals surface area (Å²) in [5, 5.41) is 2.81. The molecule has 0 saturated carbocycles. The van der Waals surface area contributed by atoms with Gasteiger partial charge in [0.1, 0.15) is 0 Å². The molecule has 2 aromatic carbocycles. The van der Waals surface area contributed by atoms with Gasteiger partial charge < -0.3 is 10.2 Å². The van der Waals surface area contributed by atoms with Crippen LogP contribution >= 0.6 is 11.8 Å². The fourth-order valence-corrected chi connectivity index (χ4v) is 4.54. The molecule has 29 heavy (non-hydrogen) atoms. The van der Waals surface area contributed by atoms with Crippen LogP contribution in [0.25, 0.3) is 0 Å². The molecule has 2 N–H and O–H groups in total. The third-order valence-electron chi connectivity index (χ3n) is 4.62. The standard InChI is InChI=1S/C20H23N3O4S2/c1-14-3-5-16(6-4-14)22-19(24)12-28-13-20(25)23-10-9-15-11-17(7-8-18(15)23)29(26,27)21-2/h3-8,11,21H,9-10,12-13H2,1-2H3,(H,22,24). The number of nitrogens with one attached hydrogen (secondary N) is 2. The minimum atomic E-state index is -3.51. The number of aryl methyl sites for hydroxylation is 1. The Labute approximate surface area is 174 Å². The first-order valence-electron chi connectivity index (χ1n) is 9.11. The van der Waals surface area contributed by atoms with Gasteiger partial charge >= 0.3 is 0 Å². The van der Waals surface area contributed by atoms with Crippen molar-refractivity contribution in [3.63, 3.8) is 0 Å². The smallest absolute Gasteiger partial charge is 0.240 e. The summed E-state index contributed by atoms with van der Waals surface area (Å²) in [7, 11) is -2.15. The van der Waals surface area contributed by atoms with E-state index in [0.29, 0.717) is 13.0 Å². The lowest BCUT2D eigenvalue weighted by Crippen LogP contribution is -2.31. The normalized spacial score (nSPS) is 13.2. The van der Waals surface area contributed by atoms with Crippen molar-refractivity contribution in [2.45, 2.75) is 18.2 Å². The predicted molar refractivity (Wildman–Crippen MR) is 116 cm³/mol. The monoisotopic (exact) mass is 433 g/mol. The van der Waals surface area contributed by atoms with Gasteiger partial charge in [-0.2, -0.15) is 0 Å². The summed E-state index contributed by atoms with van der Waals surface area (Å²) in [6.45, 7) is 2.48. The van der Waals surface area contributed by atoms with Crippen LogP contribution in [-0.2, 0) is 26.0 Å². The highest BCUT2D eigenvalue weighted by atomic mass is 32.2. The second-order valence-electron chi connectivity index (χ2n) is 6.70. The zero-order chi connectivity index (χ0) is 21.0. The molecule has 7 nitrogen and oxygen atoms in total. The van der Waals surface area contributed by atoms with E-state index in [4.69, 9.17) is 0 Å². The number of rotatable bonds is 7. The fourth-order valence-electron chi connectivity index (χ4n) is 3.07. The molecule has 1 aliphatic heterocycles. The van der Waals surface area contributed by atoms with E-state index in [-0.39, 0.29) is 28.2 Å². The number of anilines is 2. The summed E-state index contributed by atoms with van der Waals surface area (Å²) in [6.07, 6.45) is 0.604. The Morgan fingerprint density at radius 1 is 1.10 bits per heavy atom. The van der Waals surface area contributed by atoms with Crippen molar-refractivity contribution in [3.8, 4) is 0 Å². The first-order chi connectivity index (χ1) is 13.8. The quantitative estimate of drug-likeness (QED) is 0.698. The molecular weight excluding hydrogens is 410 g/mol. The second-order valence-corrected chi connectivity index (χ2v) is 9.57. The molecule has 154 valence electrons. The summed E-state index contributed by atoms with van der Waals surface area (Å²) in [4.78, 5) is 26.4. The molecule has 1 aliphatic rings. The summed E-state index contributed by atoms with van der Waals surface area (Å²) in [5.74, 6) is 0.105. The van der Waals surface area contributed by atoms with Crippen molar-refractivity contribution in [1.82, 2.24) is 4.72 Å². The van der Waals surface area contributed by atoms with Gasteiger partial charge in [-0.1, -0.05) is 17.7 Å². The van der Waals surface area contributed by atoms with Gasteiger partial charge in [0.2, 0.25) is 21.8 Å². The Bertz CT molecular complexity index is 1020. The van der Waals surface area contributed by atoms with Crippen molar-refractivity contribution >= 4 is 45.0 Å². The lowest BCUT2D eigenvalue weighted by atomic mass is 10.2. The van der Waals surface area contributed by atoms with Crippen molar-refractivity contribution in [2.24, 2.45) is 0 Å². The third kappa shape index (κ3) is 5.17. The second kappa shape index (κ2) is 8.98. The molecule has 3 rings (SSSR count). The van der Waals surface area contributed by atoms with E-state index in [1.807, 2.05) is 31.2 Å². The number of hydrogen-bond donors (Lipinski definition) is 2. The topological polar surface area (TPSA) is 95.6 Å². The number of carbonyl (C=O) groups excluding carboxylic acids is 2. The number of sulfonamides is 1. The molecule has 0 fully saturated rings. The minimum Gasteiger partial charge on any atom is -0.325 e. The van der Waals surface area contributed by atoms with E-state index in [9.17, 15) is 18.0 Å². The molecule has 0 bridgehead atoms. The highest BCUT2D eigenvalue weighted by molar-refractivity contribution is 8.00. The van der Waals surface area contributed by atoms with E-state index < -0.39 is 10.0 Å². The van der Waals surface area contributed by atoms with Crippen molar-refractivity contribution in [3.05, 3.63) is 53.6 Å². The minimum absolute atomic E-state index is 0.0962. The van der Waals surface area contributed by atoms with Crippen LogP contribution in [0.3, 0.4) is 0 Å². The highest BCUT2D eigenvalue weighted by Gasteiger charge is 2.26. The lowest BCUT2D eigenvalue weighted by molar-refractivity contribution is -0.116. The van der Waals surface area contributed by atoms with Gasteiger partial charge in [-0.3, -0.25) is 9.59 Å². The summed E-state index contributed by atoms with van der Waals surface area (Å²) < 4.78 is 26.2. The molecule has 0 unspecified atom stereocenters. The molecule has 0 spiro atoms. The van der Waals surface area contributed by atoms with Crippen LogP contribution in [0, 0.1) is 6.92 Å². The third-order valence-corrected chi connectivity index (χ3v) is 6.95. The number of hydrogen-bond acceptors (Lipinski definition) is 5. The van der Waals surface area contributed by atoms with E-state index in [0.717, 1.165) is 22.5 Å². The van der Waals surface area contributed by atoms with Crippen LogP contribution in [0.4, 0.5) is 11.4 Å². The zero-order valence-corrected chi connectivity index (χ0v) is 17.9. The number of amides is 2. The molecule has 0 atom stereocenters. The number of benzene rings is 2. The van der Waals surface area contributed by atoms with E-state index >= 15 is 0 Å². The molecule has 2 amide bonds. The Balaban J connectivity index is 1.53. The van der Waals surface area contributed by atoms with Gasteiger partial charge in [0, 0.05) is 17.9 Å². The van der Waals surface area contributed by atoms with E-state index in [1.165, 1.54) is 24.9 Å². The summed E-state index contributed by atoms with van der Waals surface area (Å²) in [5.41, 5.74) is 3.41. The molecule has 0 saturated heterocycles. The maximum absolute atomic E-state index is 12.6. The first-order valence-corrected chi connectivity index (χ1v) is 11.7. The van der Waals surface area contributed by atoms with Crippen molar-refractivity contribution in [1.29, 1.82) is 0 Å². The van der Waals surface area contributed by atoms with Gasteiger partial charge in [0.15, 0.2) is 0 Å². The Morgan fingerprint density at radius 3 is 2.52 bits per heavy atom. The molecule has 0 aliphatic carbocycles. The van der Waals surface area contributed by atoms with Crippen LogP contribution in [0.15, 0.2) is 47.4 Å². The summed E-state index contributed by atoms with van der Waals surface area (Å²) in [6, 6.07) is 12.3. The van der Waals surface area contributed by atoms with Gasteiger partial charge in [0.05, 0.1) is 16.4 Å². The van der Waals surface area contributed by atoms with Gasteiger partial charge in [-0.15, -0.1) is 11.8 Å². The van der Waals surface area contributed by atoms with Crippen molar-refractivity contribution in [2.75, 3.05) is 35.3 Å². The van der Waals surface area contributed by atoms with Gasteiger partial charge in [-0.05, 0) is 56.3 Å². The fraction of sp³-hybridized carbons (Fsp3) is 0.300. The van der Waals surface area contributed by atoms with Gasteiger partial charge in [0.25, 0.3) is 0 Å². The molecule has 9 heteroatoms. The maximum atomic E-state index is 12.6. The lowest BCUT2D eigenvalue weighted by Gasteiger charge is -2.17. The first kappa shape index (κ1) is 21.4. The average Bonchev–Trinajstić information content (AvgIpc) is 3.13. The van der Waals surface area contributed by atoms with Crippen LogP contribution in [0.2, 0.25) is 0 Å². The predicted octanol–water partition coefficient (Wildman–Crippen LogP) is 2.16. The number of fused-ring (bicyclic) bond motifs is 1.